The van der Waals surface area contributed by atoms with Crippen LogP contribution in [0.2, 0.25) is 0 Å². The lowest BCUT2D eigenvalue weighted by Crippen LogP contribution is -2.49. The average molecular weight is 446 g/mol. The molecule has 174 valence electrons. The maximum absolute atomic E-state index is 12.1. The smallest absolute Gasteiger partial charge is 0.435 e. The van der Waals surface area contributed by atoms with Crippen LogP contribution in [0.5, 0.6) is 5.75 Å². The fraction of sp³-hybridized carbons (Fsp3) is 0.435. The van der Waals surface area contributed by atoms with Gasteiger partial charge in [0.25, 0.3) is 5.69 Å². The Morgan fingerprint density at radius 3 is 2.31 bits per heavy atom. The second-order valence-corrected chi connectivity index (χ2v) is 7.78. The van der Waals surface area contributed by atoms with Crippen LogP contribution in [-0.4, -0.2) is 48.0 Å². The molecule has 9 nitrogen and oxygen atoms in total. The average Bonchev–Trinajstić information content (AvgIpc) is 2.74. The summed E-state index contributed by atoms with van der Waals surface area (Å²) in [5, 5.41) is 12.5. The molecule has 32 heavy (non-hydrogen) atoms. The van der Waals surface area contributed by atoms with Crippen LogP contribution in [0.4, 0.5) is 10.5 Å². The summed E-state index contributed by atoms with van der Waals surface area (Å²) in [6, 6.07) is 15.0. The number of carbonyl (C=O) groups excluding carboxylic acids is 1. The Kier molecular flexibility index (Phi) is 9.90. The number of nitro groups is 1. The van der Waals surface area contributed by atoms with Crippen molar-refractivity contribution < 1.29 is 24.0 Å². The first-order valence-electron chi connectivity index (χ1n) is 10.6. The van der Waals surface area contributed by atoms with Gasteiger partial charge in [0.05, 0.1) is 18.1 Å². The number of benzene rings is 2. The molecule has 2 N–H and O–H groups in total. The number of non-ortho nitro benzene ring substituents is 1. The molecular weight excluding hydrogens is 414 g/mol. The Morgan fingerprint density at radius 2 is 1.75 bits per heavy atom. The molecule has 2 aromatic carbocycles. The number of hydroxylamine groups is 2. The number of rotatable bonds is 12. The van der Waals surface area contributed by atoms with Crippen LogP contribution in [0.1, 0.15) is 26.3 Å². The van der Waals surface area contributed by atoms with Crippen LogP contribution < -0.4 is 10.6 Å². The molecular formula is C23H31N3O6. The molecule has 0 saturated carbocycles. The summed E-state index contributed by atoms with van der Waals surface area (Å²) in [5.74, 6) is 0.671. The van der Waals surface area contributed by atoms with E-state index in [2.05, 4.69) is 0 Å². The fourth-order valence-corrected chi connectivity index (χ4v) is 3.09. The number of nitrogens with zero attached hydrogens (tertiary/aromatic N) is 2. The zero-order chi connectivity index (χ0) is 23.5. The second kappa shape index (κ2) is 12.6. The molecule has 0 spiro atoms. The number of hydrogen-bond acceptors (Lipinski definition) is 8. The van der Waals surface area contributed by atoms with Crippen molar-refractivity contribution in [3.63, 3.8) is 0 Å². The van der Waals surface area contributed by atoms with Crippen molar-refractivity contribution in [3.05, 3.63) is 70.3 Å². The van der Waals surface area contributed by atoms with E-state index in [-0.39, 0.29) is 24.8 Å². The lowest BCUT2D eigenvalue weighted by atomic mass is 10.0. The summed E-state index contributed by atoms with van der Waals surface area (Å²) >= 11 is 0. The van der Waals surface area contributed by atoms with Crippen molar-refractivity contribution in [2.75, 3.05) is 19.7 Å². The van der Waals surface area contributed by atoms with Crippen LogP contribution in [0.15, 0.2) is 54.6 Å². The Morgan fingerprint density at radius 1 is 1.09 bits per heavy atom. The molecule has 0 aliphatic heterocycles. The molecule has 0 amide bonds. The lowest BCUT2D eigenvalue weighted by Gasteiger charge is -2.30. The highest BCUT2D eigenvalue weighted by atomic mass is 16.7. The number of hydrogen-bond donors (Lipinski definition) is 1. The number of nitrogens with two attached hydrogens (primary N) is 1. The third-order valence-corrected chi connectivity index (χ3v) is 4.54. The fourth-order valence-electron chi connectivity index (χ4n) is 3.09. The number of ether oxygens (including phenoxy) is 2. The molecule has 2 rings (SSSR count). The Bertz CT molecular complexity index is 845. The minimum atomic E-state index is -0.791. The van der Waals surface area contributed by atoms with Gasteiger partial charge in [-0.15, -0.1) is 5.06 Å². The van der Waals surface area contributed by atoms with Crippen molar-refractivity contribution in [2.24, 2.45) is 11.7 Å². The molecule has 2 atom stereocenters. The van der Waals surface area contributed by atoms with E-state index < -0.39 is 23.2 Å². The van der Waals surface area contributed by atoms with Crippen molar-refractivity contribution in [2.45, 2.75) is 39.3 Å². The van der Waals surface area contributed by atoms with E-state index in [4.69, 9.17) is 20.0 Å². The zero-order valence-corrected chi connectivity index (χ0v) is 18.7. The molecule has 2 aromatic rings. The van der Waals surface area contributed by atoms with Crippen LogP contribution in [-0.2, 0) is 15.9 Å². The van der Waals surface area contributed by atoms with E-state index in [0.717, 1.165) is 5.56 Å². The SMILES string of the molecule is CCOC(=O)OC(CN(CC(C)C)Oc1ccc([N+](=O)[O-])cc1)C(N)Cc1ccccc1. The van der Waals surface area contributed by atoms with E-state index in [9.17, 15) is 14.9 Å². The highest BCUT2D eigenvalue weighted by Crippen LogP contribution is 2.20. The lowest BCUT2D eigenvalue weighted by molar-refractivity contribution is -0.384. The first-order valence-corrected chi connectivity index (χ1v) is 10.6. The highest BCUT2D eigenvalue weighted by molar-refractivity contribution is 5.60. The largest absolute Gasteiger partial charge is 0.508 e. The maximum Gasteiger partial charge on any atom is 0.508 e. The molecule has 0 aliphatic carbocycles. The normalized spacial score (nSPS) is 12.9. The highest BCUT2D eigenvalue weighted by Gasteiger charge is 2.27. The van der Waals surface area contributed by atoms with E-state index in [1.807, 2.05) is 44.2 Å². The quantitative estimate of drug-likeness (QED) is 0.296. The molecule has 0 aromatic heterocycles. The summed E-state index contributed by atoms with van der Waals surface area (Å²) in [4.78, 5) is 28.4. The van der Waals surface area contributed by atoms with Crippen LogP contribution in [0.25, 0.3) is 0 Å². The van der Waals surface area contributed by atoms with Crippen molar-refractivity contribution in [3.8, 4) is 5.75 Å². The van der Waals surface area contributed by atoms with Gasteiger partial charge in [0.15, 0.2) is 0 Å². The van der Waals surface area contributed by atoms with Crippen molar-refractivity contribution >= 4 is 11.8 Å². The first kappa shape index (κ1) is 25.1. The summed E-state index contributed by atoms with van der Waals surface area (Å²) in [6.07, 6.45) is -0.996. The van der Waals surface area contributed by atoms with Gasteiger partial charge in [-0.1, -0.05) is 44.2 Å². The van der Waals surface area contributed by atoms with Gasteiger partial charge < -0.3 is 20.0 Å². The van der Waals surface area contributed by atoms with Crippen LogP contribution in [0.3, 0.4) is 0 Å². The van der Waals surface area contributed by atoms with Gasteiger partial charge in [-0.2, -0.15) is 0 Å². The minimum absolute atomic E-state index is 0.0267. The van der Waals surface area contributed by atoms with Gasteiger partial charge in [-0.3, -0.25) is 10.1 Å². The Balaban J connectivity index is 2.17. The molecule has 0 saturated heterocycles. The van der Waals surface area contributed by atoms with Gasteiger partial charge in [0.2, 0.25) is 0 Å². The van der Waals surface area contributed by atoms with E-state index in [0.29, 0.717) is 18.7 Å². The summed E-state index contributed by atoms with van der Waals surface area (Å²) in [7, 11) is 0. The van der Waals surface area contributed by atoms with Crippen molar-refractivity contribution in [1.29, 1.82) is 0 Å². The summed E-state index contributed by atoms with van der Waals surface area (Å²) in [6.45, 7) is 6.66. The topological polar surface area (TPSA) is 117 Å². The Hall–Kier alpha value is -3.17. The third-order valence-electron chi connectivity index (χ3n) is 4.54. The van der Waals surface area contributed by atoms with E-state index in [1.54, 1.807) is 12.0 Å². The number of carbonyl (C=O) groups is 1. The van der Waals surface area contributed by atoms with Gasteiger partial charge >= 0.3 is 6.16 Å². The van der Waals surface area contributed by atoms with E-state index >= 15 is 0 Å². The summed E-state index contributed by atoms with van der Waals surface area (Å²) in [5.41, 5.74) is 7.42. The predicted molar refractivity (Wildman–Crippen MR) is 120 cm³/mol. The standard InChI is InChI=1S/C23H31N3O6/c1-4-30-23(27)31-22(21(24)14-18-8-6-5-7-9-18)16-25(15-17(2)3)32-20-12-10-19(11-13-20)26(28)29/h5-13,17,21-22H,4,14-16,24H2,1-3H3. The molecule has 0 bridgehead atoms. The van der Waals surface area contributed by atoms with E-state index in [1.165, 1.54) is 24.3 Å². The second-order valence-electron chi connectivity index (χ2n) is 7.78. The molecule has 0 aliphatic rings. The monoisotopic (exact) mass is 445 g/mol. The maximum atomic E-state index is 12.1. The summed E-state index contributed by atoms with van der Waals surface area (Å²) < 4.78 is 10.5. The predicted octanol–water partition coefficient (Wildman–Crippen LogP) is 3.96. The minimum Gasteiger partial charge on any atom is -0.435 e. The van der Waals surface area contributed by atoms with Crippen molar-refractivity contribution in [1.82, 2.24) is 5.06 Å². The number of nitro benzene ring substituents is 1. The molecule has 0 heterocycles. The molecule has 9 heteroatoms. The molecule has 0 radical (unpaired) electrons. The first-order chi connectivity index (χ1) is 15.3. The Labute approximate surface area is 188 Å². The van der Waals surface area contributed by atoms with Gasteiger partial charge in [-0.25, -0.2) is 4.79 Å². The van der Waals surface area contributed by atoms with Gasteiger partial charge in [-0.05, 0) is 37.0 Å². The van der Waals surface area contributed by atoms with Gasteiger partial charge in [0, 0.05) is 24.7 Å². The van der Waals surface area contributed by atoms with Crippen LogP contribution in [0, 0.1) is 16.0 Å². The van der Waals surface area contributed by atoms with Gasteiger partial charge in [0.1, 0.15) is 11.9 Å². The molecule has 2 unspecified atom stereocenters. The molecule has 0 fully saturated rings. The third kappa shape index (κ3) is 8.52. The van der Waals surface area contributed by atoms with Crippen LogP contribution >= 0.6 is 0 Å². The zero-order valence-electron chi connectivity index (χ0n) is 18.7.